The van der Waals surface area contributed by atoms with Gasteiger partial charge in [0, 0.05) is 25.7 Å². The van der Waals surface area contributed by atoms with Crippen molar-refractivity contribution < 1.29 is 80.2 Å². The van der Waals surface area contributed by atoms with Gasteiger partial charge in [-0.1, -0.05) is 337 Å². The zero-order chi connectivity index (χ0) is 70.1. The Morgan fingerprint density at radius 2 is 0.537 bits per heavy atom. The molecule has 4 unspecified atom stereocenters. The van der Waals surface area contributed by atoms with Crippen LogP contribution in [-0.2, 0) is 65.4 Å². The van der Waals surface area contributed by atoms with E-state index < -0.39 is 97.5 Å². The Morgan fingerprint density at radius 3 is 0.800 bits per heavy atom. The molecule has 95 heavy (non-hydrogen) atoms. The molecule has 17 nitrogen and oxygen atoms in total. The van der Waals surface area contributed by atoms with Gasteiger partial charge in [-0.3, -0.25) is 37.3 Å². The molecule has 0 amide bonds. The van der Waals surface area contributed by atoms with E-state index >= 15 is 0 Å². The molecule has 564 valence electrons. The smallest absolute Gasteiger partial charge is 0.462 e. The molecule has 0 aliphatic heterocycles. The first-order valence-corrected chi connectivity index (χ1v) is 42.4. The van der Waals surface area contributed by atoms with Crippen molar-refractivity contribution in [3.05, 3.63) is 0 Å². The third-order valence-electron chi connectivity index (χ3n) is 18.4. The number of esters is 4. The third kappa shape index (κ3) is 67.6. The van der Waals surface area contributed by atoms with Gasteiger partial charge in [0.2, 0.25) is 0 Å². The standard InChI is InChI=1S/C76H148O17P2/c1-8-11-12-13-14-15-16-23-27-30-35-43-50-57-73(78)86-63-71(92-75(80)59-52-45-36-31-28-25-22-20-18-17-19-21-24-26-29-34-41-48-55-68(6)9-2)65-90-94(82,83)88-61-70(77)62-89-95(84,85)91-66-72(93-76(81)60-53-46-37-32-33-40-47-54-67(4)5)64-87-74(79)58-51-44-39-38-42-49-56-69(7)10-3/h67-72,77H,8-66H2,1-7H3,(H,82,83)(H,84,85)/t68?,69?,70-,71-,72-/m1/s1. The number of phosphoric ester groups is 2. The predicted octanol–water partition coefficient (Wildman–Crippen LogP) is 22.2. The average Bonchev–Trinajstić information content (AvgIpc) is 1.47. The van der Waals surface area contributed by atoms with Gasteiger partial charge in [-0.15, -0.1) is 0 Å². The van der Waals surface area contributed by atoms with E-state index in [1.165, 1.54) is 193 Å². The predicted molar refractivity (Wildman–Crippen MR) is 386 cm³/mol. The number of hydrogen-bond acceptors (Lipinski definition) is 15. The van der Waals surface area contributed by atoms with E-state index in [1.54, 1.807) is 0 Å². The topological polar surface area (TPSA) is 237 Å². The molecule has 0 aromatic heterocycles. The summed E-state index contributed by atoms with van der Waals surface area (Å²) in [7, 11) is -9.91. The molecule has 3 N–H and O–H groups in total. The van der Waals surface area contributed by atoms with E-state index in [0.29, 0.717) is 31.6 Å². The highest BCUT2D eigenvalue weighted by Crippen LogP contribution is 2.45. The second-order valence-electron chi connectivity index (χ2n) is 28.4. The molecule has 0 aliphatic rings. The van der Waals surface area contributed by atoms with Crippen molar-refractivity contribution in [2.24, 2.45) is 17.8 Å². The molecular weight excluding hydrogens is 1250 g/mol. The molecule has 0 aromatic carbocycles. The van der Waals surface area contributed by atoms with Crippen LogP contribution in [0.4, 0.5) is 0 Å². The molecule has 0 heterocycles. The first-order chi connectivity index (χ1) is 45.8. The van der Waals surface area contributed by atoms with Gasteiger partial charge in [-0.25, -0.2) is 9.13 Å². The maximum Gasteiger partial charge on any atom is 0.472 e. The van der Waals surface area contributed by atoms with Crippen LogP contribution < -0.4 is 0 Å². The Kier molecular flexibility index (Phi) is 65.2. The van der Waals surface area contributed by atoms with E-state index in [9.17, 15) is 43.2 Å². The minimum atomic E-state index is -4.96. The summed E-state index contributed by atoms with van der Waals surface area (Å²) in [6.07, 6.45) is 52.9. The summed E-state index contributed by atoms with van der Waals surface area (Å²) in [6, 6.07) is 0. The lowest BCUT2D eigenvalue weighted by atomic mass is 9.99. The third-order valence-corrected chi connectivity index (χ3v) is 20.3. The molecule has 0 aliphatic carbocycles. The quantitative estimate of drug-likeness (QED) is 0.0222. The summed E-state index contributed by atoms with van der Waals surface area (Å²) < 4.78 is 68.4. The summed E-state index contributed by atoms with van der Waals surface area (Å²) in [5, 5.41) is 10.6. The van der Waals surface area contributed by atoms with Gasteiger partial charge in [0.1, 0.15) is 19.3 Å². The van der Waals surface area contributed by atoms with Gasteiger partial charge in [0.25, 0.3) is 0 Å². The van der Waals surface area contributed by atoms with Crippen molar-refractivity contribution in [2.45, 2.75) is 407 Å². The molecule has 0 saturated carbocycles. The highest BCUT2D eigenvalue weighted by molar-refractivity contribution is 7.47. The number of carbonyl (C=O) groups excluding carboxylic acids is 4. The van der Waals surface area contributed by atoms with Crippen LogP contribution in [0.5, 0.6) is 0 Å². The van der Waals surface area contributed by atoms with Crippen LogP contribution in [0.25, 0.3) is 0 Å². The second-order valence-corrected chi connectivity index (χ2v) is 31.3. The molecule has 0 rings (SSSR count). The van der Waals surface area contributed by atoms with Crippen molar-refractivity contribution in [1.29, 1.82) is 0 Å². The van der Waals surface area contributed by atoms with E-state index in [-0.39, 0.29) is 25.7 Å². The van der Waals surface area contributed by atoms with Crippen LogP contribution in [0.2, 0.25) is 0 Å². The molecule has 0 fully saturated rings. The Bertz CT molecular complexity index is 1860. The van der Waals surface area contributed by atoms with Crippen LogP contribution >= 0.6 is 15.6 Å². The number of aliphatic hydroxyl groups excluding tert-OH is 1. The summed E-state index contributed by atoms with van der Waals surface area (Å²) in [4.78, 5) is 72.7. The minimum absolute atomic E-state index is 0.103. The zero-order valence-electron chi connectivity index (χ0n) is 62.1. The molecule has 0 aromatic rings. The van der Waals surface area contributed by atoms with Gasteiger partial charge >= 0.3 is 39.5 Å². The molecule has 0 radical (unpaired) electrons. The Labute approximate surface area is 581 Å². The molecular formula is C76H148O17P2. The van der Waals surface area contributed by atoms with Crippen molar-refractivity contribution in [1.82, 2.24) is 0 Å². The lowest BCUT2D eigenvalue weighted by molar-refractivity contribution is -0.161. The van der Waals surface area contributed by atoms with E-state index in [0.717, 1.165) is 108 Å². The number of hydrogen-bond donors (Lipinski definition) is 3. The first-order valence-electron chi connectivity index (χ1n) is 39.4. The van der Waals surface area contributed by atoms with Crippen LogP contribution in [-0.4, -0.2) is 96.7 Å². The fraction of sp³-hybridized carbons (Fsp3) is 0.947. The average molecular weight is 1400 g/mol. The summed E-state index contributed by atoms with van der Waals surface area (Å²) >= 11 is 0. The summed E-state index contributed by atoms with van der Waals surface area (Å²) in [5.41, 5.74) is 0. The molecule has 0 saturated heterocycles. The Morgan fingerprint density at radius 1 is 0.305 bits per heavy atom. The number of aliphatic hydroxyl groups is 1. The maximum atomic E-state index is 13.1. The van der Waals surface area contributed by atoms with Crippen molar-refractivity contribution in [3.63, 3.8) is 0 Å². The Hall–Kier alpha value is -1.94. The van der Waals surface area contributed by atoms with E-state index in [2.05, 4.69) is 48.5 Å². The van der Waals surface area contributed by atoms with E-state index in [4.69, 9.17) is 37.0 Å². The monoisotopic (exact) mass is 1400 g/mol. The summed E-state index contributed by atoms with van der Waals surface area (Å²) in [5.74, 6) is 0.176. The largest absolute Gasteiger partial charge is 0.472 e. The number of ether oxygens (including phenoxy) is 4. The number of rotatable bonds is 74. The fourth-order valence-electron chi connectivity index (χ4n) is 11.5. The van der Waals surface area contributed by atoms with Crippen LogP contribution in [0.1, 0.15) is 389 Å². The zero-order valence-corrected chi connectivity index (χ0v) is 63.9. The second kappa shape index (κ2) is 66.6. The highest BCUT2D eigenvalue weighted by Gasteiger charge is 2.30. The van der Waals surface area contributed by atoms with Gasteiger partial charge in [-0.05, 0) is 43.4 Å². The lowest BCUT2D eigenvalue weighted by Crippen LogP contribution is -2.30. The molecule has 7 atom stereocenters. The van der Waals surface area contributed by atoms with Gasteiger partial charge in [-0.2, -0.15) is 0 Å². The highest BCUT2D eigenvalue weighted by atomic mass is 31.2. The van der Waals surface area contributed by atoms with Gasteiger partial charge < -0.3 is 33.8 Å². The van der Waals surface area contributed by atoms with Crippen molar-refractivity contribution in [3.8, 4) is 0 Å². The van der Waals surface area contributed by atoms with Gasteiger partial charge in [0.05, 0.1) is 26.4 Å². The molecule has 0 spiro atoms. The number of phosphoric acid groups is 2. The van der Waals surface area contributed by atoms with Gasteiger partial charge in [0.15, 0.2) is 12.2 Å². The van der Waals surface area contributed by atoms with Crippen LogP contribution in [0.3, 0.4) is 0 Å². The maximum absolute atomic E-state index is 13.1. The summed E-state index contributed by atoms with van der Waals surface area (Å²) in [6.45, 7) is 11.9. The lowest BCUT2D eigenvalue weighted by Gasteiger charge is -2.21. The number of carbonyl (C=O) groups is 4. The Balaban J connectivity index is 5.18. The van der Waals surface area contributed by atoms with E-state index in [1.807, 2.05) is 0 Å². The van der Waals surface area contributed by atoms with Crippen molar-refractivity contribution in [2.75, 3.05) is 39.6 Å². The SMILES string of the molecule is CCCCCCCCCCCCCCCC(=O)OC[C@H](COP(=O)(O)OC[C@@H](O)COP(=O)(O)OC[C@@H](COC(=O)CCCCCCCCC(C)CC)OC(=O)CCCCCCCCCC(C)C)OC(=O)CCCCCCCCCCCCCCCCCCCCC(C)CC. The molecule has 19 heteroatoms. The molecule has 0 bridgehead atoms. The van der Waals surface area contributed by atoms with Crippen LogP contribution in [0, 0.1) is 17.8 Å². The first kappa shape index (κ1) is 93.1. The normalized spacial score (nSPS) is 14.6. The fourth-order valence-corrected chi connectivity index (χ4v) is 13.1. The van der Waals surface area contributed by atoms with Crippen LogP contribution in [0.15, 0.2) is 0 Å². The van der Waals surface area contributed by atoms with Crippen molar-refractivity contribution >= 4 is 39.5 Å². The minimum Gasteiger partial charge on any atom is -0.462 e. The number of unbranched alkanes of at least 4 members (excludes halogenated alkanes) is 40.